The molecule has 1 aromatic carbocycles. The molecule has 3 atom stereocenters. The zero-order valence-electron chi connectivity index (χ0n) is 11.3. The van der Waals surface area contributed by atoms with Gasteiger partial charge >= 0.3 is 0 Å². The molecule has 2 aromatic rings. The summed E-state index contributed by atoms with van der Waals surface area (Å²) in [4.78, 5) is 5.84. The third-order valence-corrected chi connectivity index (χ3v) is 5.18. The molecule has 2 heterocycles. The molecular formula is C16H20N2O. The van der Waals surface area contributed by atoms with Crippen LogP contribution < -0.4 is 0 Å². The highest BCUT2D eigenvalue weighted by atomic mass is 16.3. The van der Waals surface area contributed by atoms with Crippen LogP contribution in [0.2, 0.25) is 0 Å². The lowest BCUT2D eigenvalue weighted by Gasteiger charge is -2.24. The first-order chi connectivity index (χ1) is 9.28. The van der Waals surface area contributed by atoms with Gasteiger partial charge in [0.05, 0.1) is 0 Å². The van der Waals surface area contributed by atoms with E-state index in [9.17, 15) is 5.11 Å². The quantitative estimate of drug-likeness (QED) is 0.817. The smallest absolute Gasteiger partial charge is 0.0474 e. The van der Waals surface area contributed by atoms with Crippen LogP contribution in [-0.2, 0) is 12.8 Å². The molecule has 0 radical (unpaired) electrons. The predicted octanol–water partition coefficient (Wildman–Crippen LogP) is 1.81. The zero-order chi connectivity index (χ0) is 13.0. The van der Waals surface area contributed by atoms with Gasteiger partial charge < -0.3 is 15.0 Å². The molecule has 1 saturated heterocycles. The minimum Gasteiger partial charge on any atom is -0.396 e. The molecule has 3 nitrogen and oxygen atoms in total. The number of fused-ring (bicyclic) bond motifs is 1. The van der Waals surface area contributed by atoms with E-state index in [4.69, 9.17) is 0 Å². The lowest BCUT2D eigenvalue weighted by Crippen LogP contribution is -2.31. The van der Waals surface area contributed by atoms with Crippen LogP contribution in [0.3, 0.4) is 0 Å². The highest BCUT2D eigenvalue weighted by Gasteiger charge is 2.41. The highest BCUT2D eigenvalue weighted by Crippen LogP contribution is 2.39. The Morgan fingerprint density at radius 2 is 2.21 bits per heavy atom. The van der Waals surface area contributed by atoms with E-state index in [0.29, 0.717) is 24.5 Å². The fourth-order valence-electron chi connectivity index (χ4n) is 4.23. The van der Waals surface area contributed by atoms with Gasteiger partial charge in [-0.25, -0.2) is 0 Å². The van der Waals surface area contributed by atoms with Crippen molar-refractivity contribution in [3.63, 3.8) is 0 Å². The number of aromatic nitrogens is 1. The standard InChI is InChI=1S/C16H20N2O/c1-18-8-12(9-19)13-5-10-3-2-4-14-16(10)11(7-17-14)6-15(13)18/h2-4,7,12-13,15,17,19H,5-6,8-9H2,1H3/t12-,13-,15+/m0/s1. The molecule has 0 amide bonds. The Kier molecular flexibility index (Phi) is 2.47. The Morgan fingerprint density at radius 3 is 3.05 bits per heavy atom. The molecule has 0 saturated carbocycles. The monoisotopic (exact) mass is 256 g/mol. The SMILES string of the molecule is CN1C[C@@H](CO)[C@@H]2Cc3cccc4[nH]cc(c34)C[C@H]21. The number of likely N-dealkylation sites (N-methyl/N-ethyl adjacent to an activating group) is 1. The largest absolute Gasteiger partial charge is 0.396 e. The minimum atomic E-state index is 0.317. The van der Waals surface area contributed by atoms with Crippen LogP contribution >= 0.6 is 0 Å². The number of H-pyrrole nitrogens is 1. The van der Waals surface area contributed by atoms with Crippen molar-refractivity contribution in [3.8, 4) is 0 Å². The van der Waals surface area contributed by atoms with Crippen LogP contribution in [0.25, 0.3) is 10.9 Å². The van der Waals surface area contributed by atoms with Crippen LogP contribution in [0, 0.1) is 11.8 Å². The average Bonchev–Trinajstić information content (AvgIpc) is 2.89. The summed E-state index contributed by atoms with van der Waals surface area (Å²) >= 11 is 0. The molecule has 1 aliphatic carbocycles. The Labute approximate surface area is 113 Å². The summed E-state index contributed by atoms with van der Waals surface area (Å²) < 4.78 is 0. The van der Waals surface area contributed by atoms with Gasteiger partial charge in [-0.15, -0.1) is 0 Å². The summed E-state index contributed by atoms with van der Waals surface area (Å²) in [6.45, 7) is 1.35. The van der Waals surface area contributed by atoms with Gasteiger partial charge in [-0.2, -0.15) is 0 Å². The van der Waals surface area contributed by atoms with Crippen LogP contribution in [0.4, 0.5) is 0 Å². The summed E-state index contributed by atoms with van der Waals surface area (Å²) in [5.41, 5.74) is 4.16. The van der Waals surface area contributed by atoms with Crippen molar-refractivity contribution >= 4 is 10.9 Å². The number of aliphatic hydroxyl groups excluding tert-OH is 1. The summed E-state index contributed by atoms with van der Waals surface area (Å²) in [7, 11) is 2.20. The maximum Gasteiger partial charge on any atom is 0.0474 e. The molecule has 19 heavy (non-hydrogen) atoms. The number of aromatic amines is 1. The van der Waals surface area contributed by atoms with E-state index in [1.165, 1.54) is 22.0 Å². The van der Waals surface area contributed by atoms with E-state index in [2.05, 4.69) is 41.3 Å². The van der Waals surface area contributed by atoms with Gasteiger partial charge in [0, 0.05) is 36.3 Å². The first-order valence-corrected chi connectivity index (χ1v) is 7.17. The molecular weight excluding hydrogens is 236 g/mol. The fourth-order valence-corrected chi connectivity index (χ4v) is 4.23. The van der Waals surface area contributed by atoms with Crippen molar-refractivity contribution in [2.45, 2.75) is 18.9 Å². The van der Waals surface area contributed by atoms with Crippen LogP contribution in [0.1, 0.15) is 11.1 Å². The molecule has 1 aromatic heterocycles. The van der Waals surface area contributed by atoms with Gasteiger partial charge in [0.2, 0.25) is 0 Å². The topological polar surface area (TPSA) is 39.3 Å². The van der Waals surface area contributed by atoms with Crippen molar-refractivity contribution in [1.29, 1.82) is 0 Å². The molecule has 3 heteroatoms. The number of nitrogens with one attached hydrogen (secondary N) is 1. The second-order valence-electron chi connectivity index (χ2n) is 6.18. The number of likely N-dealkylation sites (tertiary alicyclic amines) is 1. The Balaban J connectivity index is 1.85. The van der Waals surface area contributed by atoms with E-state index in [0.717, 1.165) is 19.4 Å². The second-order valence-corrected chi connectivity index (χ2v) is 6.18. The van der Waals surface area contributed by atoms with Crippen molar-refractivity contribution in [2.24, 2.45) is 11.8 Å². The Hall–Kier alpha value is -1.32. The molecule has 2 aliphatic rings. The van der Waals surface area contributed by atoms with Crippen molar-refractivity contribution in [1.82, 2.24) is 9.88 Å². The zero-order valence-corrected chi connectivity index (χ0v) is 11.3. The molecule has 1 fully saturated rings. The maximum atomic E-state index is 9.64. The summed E-state index contributed by atoms with van der Waals surface area (Å²) in [6.07, 6.45) is 4.38. The third-order valence-electron chi connectivity index (χ3n) is 5.18. The van der Waals surface area contributed by atoms with E-state index >= 15 is 0 Å². The summed E-state index contributed by atoms with van der Waals surface area (Å²) in [6, 6.07) is 7.14. The molecule has 2 N–H and O–H groups in total. The lowest BCUT2D eigenvalue weighted by molar-refractivity contribution is 0.196. The van der Waals surface area contributed by atoms with E-state index in [1.807, 2.05) is 0 Å². The number of aliphatic hydroxyl groups is 1. The fraction of sp³-hybridized carbons (Fsp3) is 0.500. The Morgan fingerprint density at radius 1 is 1.32 bits per heavy atom. The van der Waals surface area contributed by atoms with Gasteiger partial charge in [-0.3, -0.25) is 0 Å². The first kappa shape index (κ1) is 11.5. The lowest BCUT2D eigenvalue weighted by atomic mass is 9.85. The van der Waals surface area contributed by atoms with Gasteiger partial charge in [0.25, 0.3) is 0 Å². The molecule has 0 unspecified atom stereocenters. The minimum absolute atomic E-state index is 0.317. The number of hydrogen-bond acceptors (Lipinski definition) is 2. The third kappa shape index (κ3) is 1.58. The van der Waals surface area contributed by atoms with E-state index in [1.54, 1.807) is 0 Å². The van der Waals surface area contributed by atoms with E-state index in [-0.39, 0.29) is 0 Å². The summed E-state index contributed by atoms with van der Waals surface area (Å²) in [5.74, 6) is 1.02. The van der Waals surface area contributed by atoms with Gasteiger partial charge in [0.15, 0.2) is 0 Å². The number of benzene rings is 1. The van der Waals surface area contributed by atoms with Gasteiger partial charge in [-0.05, 0) is 48.9 Å². The number of rotatable bonds is 1. The molecule has 100 valence electrons. The molecule has 1 aliphatic heterocycles. The maximum absolute atomic E-state index is 9.64. The van der Waals surface area contributed by atoms with Crippen LogP contribution in [-0.4, -0.2) is 41.2 Å². The van der Waals surface area contributed by atoms with Gasteiger partial charge in [0.1, 0.15) is 0 Å². The Bertz CT molecular complexity index is 618. The van der Waals surface area contributed by atoms with Crippen molar-refractivity contribution < 1.29 is 5.11 Å². The van der Waals surface area contributed by atoms with Crippen molar-refractivity contribution in [3.05, 3.63) is 35.5 Å². The normalized spacial score (nSPS) is 30.5. The molecule has 0 spiro atoms. The number of nitrogens with zero attached hydrogens (tertiary/aromatic N) is 1. The highest BCUT2D eigenvalue weighted by molar-refractivity contribution is 5.87. The average molecular weight is 256 g/mol. The first-order valence-electron chi connectivity index (χ1n) is 7.17. The molecule has 4 rings (SSSR count). The van der Waals surface area contributed by atoms with Crippen LogP contribution in [0.5, 0.6) is 0 Å². The summed E-state index contributed by atoms with van der Waals surface area (Å²) in [5, 5.41) is 11.1. The van der Waals surface area contributed by atoms with E-state index < -0.39 is 0 Å². The number of hydrogen-bond donors (Lipinski definition) is 2. The predicted molar refractivity (Wildman–Crippen MR) is 76.2 cm³/mol. The van der Waals surface area contributed by atoms with Crippen molar-refractivity contribution in [2.75, 3.05) is 20.2 Å². The molecule has 0 bridgehead atoms. The van der Waals surface area contributed by atoms with Crippen LogP contribution in [0.15, 0.2) is 24.4 Å². The van der Waals surface area contributed by atoms with Gasteiger partial charge in [-0.1, -0.05) is 12.1 Å². The second kappa shape index (κ2) is 4.09.